The number of benzene rings is 2. The van der Waals surface area contributed by atoms with Gasteiger partial charge in [0.2, 0.25) is 5.91 Å². The highest BCUT2D eigenvalue weighted by molar-refractivity contribution is 7.17. The molecule has 6 heteroatoms. The van der Waals surface area contributed by atoms with Crippen LogP contribution in [0.15, 0.2) is 60.1 Å². The average molecular weight is 392 g/mol. The maximum Gasteiger partial charge on any atom is 0.326 e. The summed E-state index contributed by atoms with van der Waals surface area (Å²) in [4.78, 5) is 27.3. The minimum atomic E-state index is -1.02. The number of thiophene rings is 1. The van der Waals surface area contributed by atoms with Crippen molar-refractivity contribution in [1.82, 2.24) is 10.3 Å². The van der Waals surface area contributed by atoms with Crippen molar-refractivity contribution >= 4 is 44.2 Å². The number of aryl methyl sites for hydroxylation is 1. The lowest BCUT2D eigenvalue weighted by Gasteiger charge is -2.14. The van der Waals surface area contributed by atoms with Gasteiger partial charge in [-0.3, -0.25) is 4.79 Å². The number of hydrogen-bond donors (Lipinski definition) is 3. The minimum Gasteiger partial charge on any atom is -0.480 e. The Morgan fingerprint density at radius 1 is 1.04 bits per heavy atom. The van der Waals surface area contributed by atoms with Crippen LogP contribution in [0.4, 0.5) is 0 Å². The number of carboxylic acids is 1. The molecule has 0 saturated carbocycles. The lowest BCUT2D eigenvalue weighted by molar-refractivity contribution is -0.141. The van der Waals surface area contributed by atoms with Crippen molar-refractivity contribution in [2.75, 3.05) is 0 Å². The van der Waals surface area contributed by atoms with Gasteiger partial charge in [0, 0.05) is 34.6 Å². The number of rotatable bonds is 7. The van der Waals surface area contributed by atoms with Gasteiger partial charge in [0.15, 0.2) is 0 Å². The van der Waals surface area contributed by atoms with Crippen LogP contribution in [0.25, 0.3) is 21.0 Å². The lowest BCUT2D eigenvalue weighted by Crippen LogP contribution is -2.42. The first-order valence-electron chi connectivity index (χ1n) is 9.14. The van der Waals surface area contributed by atoms with Crippen molar-refractivity contribution in [3.63, 3.8) is 0 Å². The first-order chi connectivity index (χ1) is 13.6. The third-order valence-corrected chi connectivity index (χ3v) is 5.93. The number of para-hydroxylation sites is 1. The van der Waals surface area contributed by atoms with Crippen molar-refractivity contribution in [1.29, 1.82) is 0 Å². The van der Waals surface area contributed by atoms with E-state index in [1.807, 2.05) is 60.1 Å². The Balaban J connectivity index is 1.41. The summed E-state index contributed by atoms with van der Waals surface area (Å²) in [5.41, 5.74) is 3.04. The van der Waals surface area contributed by atoms with E-state index < -0.39 is 12.0 Å². The van der Waals surface area contributed by atoms with Crippen LogP contribution in [0.1, 0.15) is 17.5 Å². The summed E-state index contributed by atoms with van der Waals surface area (Å²) in [6.07, 6.45) is 2.99. The first-order valence-corrected chi connectivity index (χ1v) is 10.0. The van der Waals surface area contributed by atoms with Gasteiger partial charge in [0.05, 0.1) is 0 Å². The number of amides is 1. The predicted octanol–water partition coefficient (Wildman–Crippen LogP) is 4.13. The van der Waals surface area contributed by atoms with Gasteiger partial charge in [0.1, 0.15) is 6.04 Å². The number of aliphatic carboxylic acids is 1. The second kappa shape index (κ2) is 7.86. The number of nitrogens with one attached hydrogen (secondary N) is 2. The highest BCUT2D eigenvalue weighted by atomic mass is 32.1. The summed E-state index contributed by atoms with van der Waals surface area (Å²) in [5.74, 6) is -1.27. The Bertz CT molecular complexity index is 1140. The summed E-state index contributed by atoms with van der Waals surface area (Å²) in [5, 5.41) is 16.4. The van der Waals surface area contributed by atoms with Gasteiger partial charge in [-0.1, -0.05) is 36.4 Å². The molecule has 0 fully saturated rings. The maximum atomic E-state index is 12.4. The zero-order valence-corrected chi connectivity index (χ0v) is 16.0. The molecule has 0 spiro atoms. The lowest BCUT2D eigenvalue weighted by atomic mass is 10.0. The summed E-state index contributed by atoms with van der Waals surface area (Å²) >= 11 is 1.59. The molecule has 1 atom stereocenters. The fraction of sp³-hybridized carbons (Fsp3) is 0.182. The summed E-state index contributed by atoms with van der Waals surface area (Å²) in [6, 6.07) is 14.9. The van der Waals surface area contributed by atoms with E-state index in [-0.39, 0.29) is 18.7 Å². The van der Waals surface area contributed by atoms with Crippen LogP contribution in [0.5, 0.6) is 0 Å². The fourth-order valence-corrected chi connectivity index (χ4v) is 4.44. The van der Waals surface area contributed by atoms with Gasteiger partial charge < -0.3 is 15.4 Å². The Labute approximate surface area is 166 Å². The molecule has 4 rings (SSSR count). The molecule has 0 aliphatic carbocycles. The van der Waals surface area contributed by atoms with Crippen LogP contribution < -0.4 is 5.32 Å². The van der Waals surface area contributed by atoms with E-state index in [2.05, 4.69) is 10.3 Å². The van der Waals surface area contributed by atoms with Crippen molar-refractivity contribution < 1.29 is 14.7 Å². The van der Waals surface area contributed by atoms with Crippen molar-refractivity contribution in [2.45, 2.75) is 25.3 Å². The predicted molar refractivity (Wildman–Crippen MR) is 112 cm³/mol. The van der Waals surface area contributed by atoms with E-state index in [1.165, 1.54) is 0 Å². The zero-order valence-electron chi connectivity index (χ0n) is 15.1. The largest absolute Gasteiger partial charge is 0.480 e. The van der Waals surface area contributed by atoms with Gasteiger partial charge in [-0.25, -0.2) is 4.79 Å². The molecule has 2 aromatic carbocycles. The molecule has 5 nitrogen and oxygen atoms in total. The van der Waals surface area contributed by atoms with E-state index in [0.29, 0.717) is 6.42 Å². The number of fused-ring (bicyclic) bond motifs is 2. The van der Waals surface area contributed by atoms with Crippen LogP contribution in [-0.2, 0) is 22.4 Å². The Morgan fingerprint density at radius 3 is 2.61 bits per heavy atom. The number of H-pyrrole nitrogens is 1. The second-order valence-corrected chi connectivity index (χ2v) is 7.69. The van der Waals surface area contributed by atoms with Crippen LogP contribution >= 0.6 is 11.3 Å². The summed E-state index contributed by atoms with van der Waals surface area (Å²) in [6.45, 7) is 0. The Morgan fingerprint density at radius 2 is 1.79 bits per heavy atom. The maximum absolute atomic E-state index is 12.4. The van der Waals surface area contributed by atoms with E-state index in [9.17, 15) is 14.7 Å². The standard InChI is InChI=1S/C22H20N2O3S/c25-21(10-9-14-12-23-18-7-3-1-5-16(14)18)24-19(22(26)27)11-15-13-28-20-8-4-2-6-17(15)20/h1-8,12-13,19,23H,9-11H2,(H,24,25)(H,26,27). The van der Waals surface area contributed by atoms with E-state index in [0.717, 1.165) is 32.1 Å². The topological polar surface area (TPSA) is 82.2 Å². The molecule has 1 amide bonds. The Kier molecular flexibility index (Phi) is 5.12. The van der Waals surface area contributed by atoms with Crippen LogP contribution in [0.3, 0.4) is 0 Å². The van der Waals surface area contributed by atoms with Crippen LogP contribution in [-0.4, -0.2) is 28.0 Å². The normalized spacial score (nSPS) is 12.3. The first kappa shape index (κ1) is 18.3. The van der Waals surface area contributed by atoms with Gasteiger partial charge in [0.25, 0.3) is 0 Å². The molecule has 142 valence electrons. The van der Waals surface area contributed by atoms with Crippen molar-refractivity contribution in [2.24, 2.45) is 0 Å². The molecular weight excluding hydrogens is 372 g/mol. The molecule has 3 N–H and O–H groups in total. The highest BCUT2D eigenvalue weighted by Gasteiger charge is 2.22. The zero-order chi connectivity index (χ0) is 19.5. The quantitative estimate of drug-likeness (QED) is 0.442. The average Bonchev–Trinajstić information content (AvgIpc) is 3.30. The molecule has 2 heterocycles. The van der Waals surface area contributed by atoms with Crippen LogP contribution in [0, 0.1) is 0 Å². The number of carbonyl (C=O) groups is 2. The SMILES string of the molecule is O=C(CCc1c[nH]c2ccccc12)NC(Cc1csc2ccccc12)C(=O)O. The molecule has 1 unspecified atom stereocenters. The van der Waals surface area contributed by atoms with Gasteiger partial charge in [-0.2, -0.15) is 0 Å². The number of aromatic nitrogens is 1. The molecule has 4 aromatic rings. The van der Waals surface area contributed by atoms with Gasteiger partial charge >= 0.3 is 5.97 Å². The number of carboxylic acid groups (broad SMARTS) is 1. The number of hydrogen-bond acceptors (Lipinski definition) is 3. The minimum absolute atomic E-state index is 0.246. The molecule has 0 saturated heterocycles. The molecular formula is C22H20N2O3S. The molecule has 0 bridgehead atoms. The third kappa shape index (κ3) is 3.77. The fourth-order valence-electron chi connectivity index (χ4n) is 3.46. The smallest absolute Gasteiger partial charge is 0.326 e. The molecule has 0 aliphatic rings. The molecule has 28 heavy (non-hydrogen) atoms. The van der Waals surface area contributed by atoms with Gasteiger partial charge in [-0.15, -0.1) is 11.3 Å². The van der Waals surface area contributed by atoms with E-state index in [1.54, 1.807) is 11.3 Å². The summed E-state index contributed by atoms with van der Waals surface area (Å²) < 4.78 is 1.12. The number of aromatic amines is 1. The molecule has 0 radical (unpaired) electrons. The highest BCUT2D eigenvalue weighted by Crippen LogP contribution is 2.26. The monoisotopic (exact) mass is 392 g/mol. The number of carbonyl (C=O) groups excluding carboxylic acids is 1. The van der Waals surface area contributed by atoms with Crippen LogP contribution in [0.2, 0.25) is 0 Å². The van der Waals surface area contributed by atoms with Crippen molar-refractivity contribution in [3.05, 3.63) is 71.2 Å². The second-order valence-electron chi connectivity index (χ2n) is 6.78. The summed E-state index contributed by atoms with van der Waals surface area (Å²) in [7, 11) is 0. The van der Waals surface area contributed by atoms with Gasteiger partial charge in [-0.05, 0) is 40.4 Å². The molecule has 2 aromatic heterocycles. The third-order valence-electron chi connectivity index (χ3n) is 4.91. The van der Waals surface area contributed by atoms with E-state index >= 15 is 0 Å². The van der Waals surface area contributed by atoms with Crippen molar-refractivity contribution in [3.8, 4) is 0 Å². The van der Waals surface area contributed by atoms with E-state index in [4.69, 9.17) is 0 Å². The Hall–Kier alpha value is -3.12. The molecule has 0 aliphatic heterocycles.